The van der Waals surface area contributed by atoms with Crippen LogP contribution in [0.1, 0.15) is 113 Å². The van der Waals surface area contributed by atoms with Gasteiger partial charge in [0.15, 0.2) is 0 Å². The molecule has 1 saturated heterocycles. The molecule has 0 aromatic rings. The maximum atomic E-state index is 9.03. The van der Waals surface area contributed by atoms with Crippen LogP contribution in [-0.2, 0) is 14.7 Å². The van der Waals surface area contributed by atoms with Crippen LogP contribution < -0.4 is 0 Å². The summed E-state index contributed by atoms with van der Waals surface area (Å²) in [6.07, 6.45) is 22.7. The maximum Gasteiger partial charge on any atom is 0.127 e. The second-order valence-electron chi connectivity index (χ2n) is 10.9. The lowest BCUT2D eigenvalue weighted by molar-refractivity contribution is -0.440. The Morgan fingerprint density at radius 1 is 0.912 bits per heavy atom. The molecule has 4 nitrogen and oxygen atoms in total. The minimum absolute atomic E-state index is 0.287. The van der Waals surface area contributed by atoms with Gasteiger partial charge in [0.05, 0.1) is 0 Å². The highest BCUT2D eigenvalue weighted by Crippen LogP contribution is 2.33. The van der Waals surface area contributed by atoms with E-state index in [1.165, 1.54) is 28.7 Å². The molecular formula is C30H50O4. The van der Waals surface area contributed by atoms with Crippen molar-refractivity contribution >= 4 is 0 Å². The molecule has 0 aliphatic carbocycles. The van der Waals surface area contributed by atoms with Crippen molar-refractivity contribution in [1.82, 2.24) is 0 Å². The molecule has 1 N–H and O–H groups in total. The Bertz CT molecular complexity index is 740. The monoisotopic (exact) mass is 474 g/mol. The van der Waals surface area contributed by atoms with E-state index < -0.39 is 11.2 Å². The summed E-state index contributed by atoms with van der Waals surface area (Å²) < 4.78 is 0. The lowest BCUT2D eigenvalue weighted by Gasteiger charge is -2.39. The number of hydrogen-bond donors (Lipinski definition) is 1. The zero-order valence-corrected chi connectivity index (χ0v) is 23.1. The number of hydrogen-bond acceptors (Lipinski definition) is 4. The number of unbranched alkanes of at least 4 members (excludes halogenated alkanes) is 1. The van der Waals surface area contributed by atoms with E-state index in [0.717, 1.165) is 51.4 Å². The van der Waals surface area contributed by atoms with Crippen molar-refractivity contribution in [1.29, 1.82) is 0 Å². The van der Waals surface area contributed by atoms with Gasteiger partial charge in [-0.1, -0.05) is 58.7 Å². The molecule has 1 fully saturated rings. The summed E-state index contributed by atoms with van der Waals surface area (Å²) >= 11 is 0. The minimum atomic E-state index is -0.780. The van der Waals surface area contributed by atoms with Gasteiger partial charge >= 0.3 is 0 Å². The molecule has 0 spiro atoms. The van der Waals surface area contributed by atoms with Gasteiger partial charge in [-0.2, -0.15) is 0 Å². The summed E-state index contributed by atoms with van der Waals surface area (Å²) in [5.41, 5.74) is 4.53. The molecule has 0 saturated carbocycles. The predicted octanol–water partition coefficient (Wildman–Crippen LogP) is 9.22. The molecule has 2 unspecified atom stereocenters. The highest BCUT2D eigenvalue weighted by molar-refractivity contribution is 5.10. The molecule has 34 heavy (non-hydrogen) atoms. The predicted molar refractivity (Wildman–Crippen MR) is 144 cm³/mol. The SMILES string of the molecule is CC(C)=CCC/C(C)=C/CC/C(C)=C/CC/C=C(\C)C/C=C/C1(C)CCC(C(C)(C)OO)OO1. The molecule has 4 heteroatoms. The Morgan fingerprint density at radius 2 is 1.47 bits per heavy atom. The lowest BCUT2D eigenvalue weighted by Crippen LogP contribution is -2.47. The first-order valence-electron chi connectivity index (χ1n) is 12.9. The van der Waals surface area contributed by atoms with E-state index in [0.29, 0.717) is 0 Å². The normalized spacial score (nSPS) is 23.0. The van der Waals surface area contributed by atoms with Crippen molar-refractivity contribution in [2.45, 2.75) is 130 Å². The van der Waals surface area contributed by atoms with Crippen LogP contribution in [0.5, 0.6) is 0 Å². The van der Waals surface area contributed by atoms with E-state index in [4.69, 9.17) is 15.0 Å². The molecule has 0 aromatic heterocycles. The highest BCUT2D eigenvalue weighted by Gasteiger charge is 2.40. The van der Waals surface area contributed by atoms with Crippen LogP contribution >= 0.6 is 0 Å². The van der Waals surface area contributed by atoms with Crippen molar-refractivity contribution in [3.63, 3.8) is 0 Å². The van der Waals surface area contributed by atoms with E-state index in [2.05, 4.69) is 76.0 Å². The fraction of sp³-hybridized carbons (Fsp3) is 0.667. The first-order chi connectivity index (χ1) is 16.0. The Hall–Kier alpha value is -1.46. The molecule has 1 aliphatic heterocycles. The van der Waals surface area contributed by atoms with Crippen molar-refractivity contribution < 1.29 is 19.9 Å². The Kier molecular flexibility index (Phi) is 14.0. The van der Waals surface area contributed by atoms with E-state index in [-0.39, 0.29) is 6.10 Å². The van der Waals surface area contributed by atoms with Gasteiger partial charge in [-0.3, -0.25) is 5.26 Å². The molecular weight excluding hydrogens is 424 g/mol. The summed E-state index contributed by atoms with van der Waals surface area (Å²) in [5.74, 6) is 0. The average Bonchev–Trinajstić information content (AvgIpc) is 2.76. The van der Waals surface area contributed by atoms with Crippen molar-refractivity contribution in [2.75, 3.05) is 0 Å². The molecule has 1 rings (SSSR count). The van der Waals surface area contributed by atoms with Crippen LogP contribution in [0.25, 0.3) is 0 Å². The molecule has 0 bridgehead atoms. The van der Waals surface area contributed by atoms with Crippen LogP contribution in [0.2, 0.25) is 0 Å². The first kappa shape index (κ1) is 30.6. The van der Waals surface area contributed by atoms with Crippen LogP contribution in [0, 0.1) is 0 Å². The van der Waals surface area contributed by atoms with Crippen LogP contribution in [-0.4, -0.2) is 22.6 Å². The van der Waals surface area contributed by atoms with Gasteiger partial charge in [0.1, 0.15) is 17.3 Å². The molecule has 2 atom stereocenters. The molecule has 194 valence electrons. The van der Waals surface area contributed by atoms with Crippen LogP contribution in [0.4, 0.5) is 0 Å². The summed E-state index contributed by atoms with van der Waals surface area (Å²) in [6, 6.07) is 0. The zero-order valence-electron chi connectivity index (χ0n) is 23.1. The van der Waals surface area contributed by atoms with Gasteiger partial charge in [0, 0.05) is 0 Å². The largest absolute Gasteiger partial charge is 0.251 e. The van der Waals surface area contributed by atoms with E-state index in [1.807, 2.05) is 6.92 Å². The molecule has 1 heterocycles. The Morgan fingerprint density at radius 3 is 2.00 bits per heavy atom. The number of allylic oxidation sites excluding steroid dienone is 9. The van der Waals surface area contributed by atoms with Gasteiger partial charge in [0.2, 0.25) is 0 Å². The van der Waals surface area contributed by atoms with Crippen molar-refractivity contribution in [2.24, 2.45) is 0 Å². The standard InChI is InChI=1S/C30H50O4/c1-24(2)14-11-17-27(5)19-12-18-25(3)15-9-10-16-26(4)20-13-22-30(8)23-21-28(32-34-30)29(6,7)33-31/h13-16,19,22,28,31H,9-12,17-18,20-21,23H2,1-8H3/b22-13+,25-15+,26-16+,27-19+. The third-order valence-corrected chi connectivity index (χ3v) is 6.45. The fourth-order valence-electron chi connectivity index (χ4n) is 3.88. The number of rotatable bonds is 14. The Balaban J connectivity index is 2.31. The van der Waals surface area contributed by atoms with E-state index in [9.17, 15) is 0 Å². The van der Waals surface area contributed by atoms with Gasteiger partial charge in [-0.05, 0) is 113 Å². The van der Waals surface area contributed by atoms with E-state index in [1.54, 1.807) is 13.8 Å². The smallest absolute Gasteiger partial charge is 0.127 e. The van der Waals surface area contributed by atoms with Crippen LogP contribution in [0.3, 0.4) is 0 Å². The first-order valence-corrected chi connectivity index (χ1v) is 12.9. The van der Waals surface area contributed by atoms with Crippen molar-refractivity contribution in [3.8, 4) is 0 Å². The molecule has 0 amide bonds. The van der Waals surface area contributed by atoms with Crippen molar-refractivity contribution in [3.05, 3.63) is 58.7 Å². The maximum absolute atomic E-state index is 9.03. The molecule has 0 aromatic carbocycles. The summed E-state index contributed by atoms with van der Waals surface area (Å²) in [6.45, 7) is 16.6. The summed E-state index contributed by atoms with van der Waals surface area (Å²) in [5, 5.41) is 9.03. The Labute approximate surface area is 209 Å². The topological polar surface area (TPSA) is 47.9 Å². The quantitative estimate of drug-likeness (QED) is 0.118. The third kappa shape index (κ3) is 12.9. The highest BCUT2D eigenvalue weighted by atomic mass is 17.2. The molecule has 0 radical (unpaired) electrons. The molecule has 1 aliphatic rings. The second kappa shape index (κ2) is 15.5. The third-order valence-electron chi connectivity index (χ3n) is 6.45. The van der Waals surface area contributed by atoms with Gasteiger partial charge in [-0.15, -0.1) is 0 Å². The van der Waals surface area contributed by atoms with Gasteiger partial charge in [0.25, 0.3) is 0 Å². The second-order valence-corrected chi connectivity index (χ2v) is 10.9. The minimum Gasteiger partial charge on any atom is -0.251 e. The summed E-state index contributed by atoms with van der Waals surface area (Å²) in [4.78, 5) is 15.7. The lowest BCUT2D eigenvalue weighted by atomic mass is 9.90. The van der Waals surface area contributed by atoms with E-state index >= 15 is 0 Å². The van der Waals surface area contributed by atoms with Gasteiger partial charge < -0.3 is 0 Å². The van der Waals surface area contributed by atoms with Gasteiger partial charge in [-0.25, -0.2) is 14.7 Å². The fourth-order valence-corrected chi connectivity index (χ4v) is 3.88. The zero-order chi connectivity index (χ0) is 25.6. The van der Waals surface area contributed by atoms with Crippen LogP contribution in [0.15, 0.2) is 58.7 Å². The summed E-state index contributed by atoms with van der Waals surface area (Å²) in [7, 11) is 0. The average molecular weight is 475 g/mol.